The van der Waals surface area contributed by atoms with Crippen LogP contribution in [0.25, 0.3) is 0 Å². The smallest absolute Gasteiger partial charge is 0.358 e. The van der Waals surface area contributed by atoms with Gasteiger partial charge in [0.2, 0.25) is 0 Å². The average molecular weight is 531 g/mol. The number of hydrogen-bond acceptors (Lipinski definition) is 3. The quantitative estimate of drug-likeness (QED) is 0.241. The minimum atomic E-state index is -0.200. The molecule has 3 rings (SSSR count). The largest absolute Gasteiger partial charge is 0.489 e. The van der Waals surface area contributed by atoms with Gasteiger partial charge in [0.1, 0.15) is 18.1 Å². The Bertz CT molecular complexity index is 957. The van der Waals surface area contributed by atoms with Crippen LogP contribution >= 0.6 is 0 Å². The molecule has 31 heavy (non-hydrogen) atoms. The normalized spacial score (nSPS) is 11.4. The molecular formula is C27H32IO3+. The Morgan fingerprint density at radius 3 is 2.10 bits per heavy atom. The maximum atomic E-state index is 6.02. The maximum Gasteiger partial charge on any atom is 0.358 e. The van der Waals surface area contributed by atoms with Gasteiger partial charge < -0.3 is 14.2 Å². The monoisotopic (exact) mass is 531 g/mol. The molecule has 3 aromatic rings. The predicted octanol–water partition coefficient (Wildman–Crippen LogP) is 3.37. The number of benzene rings is 3. The lowest BCUT2D eigenvalue weighted by Gasteiger charge is -2.18. The van der Waals surface area contributed by atoms with Crippen LogP contribution in [0.1, 0.15) is 44.4 Å². The summed E-state index contributed by atoms with van der Waals surface area (Å²) in [6.45, 7) is 12.4. The van der Waals surface area contributed by atoms with Gasteiger partial charge in [-0.05, 0) is 72.9 Å². The third-order valence-electron chi connectivity index (χ3n) is 4.89. The zero-order chi connectivity index (χ0) is 22.3. The molecule has 0 unspecified atom stereocenters. The van der Waals surface area contributed by atoms with Crippen LogP contribution in [0.2, 0.25) is 0 Å². The van der Waals surface area contributed by atoms with Crippen LogP contribution in [0.5, 0.6) is 11.5 Å². The van der Waals surface area contributed by atoms with Crippen LogP contribution in [-0.4, -0.2) is 13.4 Å². The van der Waals surface area contributed by atoms with Gasteiger partial charge >= 0.3 is 21.2 Å². The van der Waals surface area contributed by atoms with Gasteiger partial charge in [-0.3, -0.25) is 0 Å². The van der Waals surface area contributed by atoms with Crippen molar-refractivity contribution in [3.63, 3.8) is 0 Å². The minimum Gasteiger partial charge on any atom is -0.489 e. The highest BCUT2D eigenvalue weighted by molar-refractivity contribution is 5.30. The summed E-state index contributed by atoms with van der Waals surface area (Å²) in [7, 11) is 0. The third-order valence-corrected chi connectivity index (χ3v) is 8.03. The first-order valence-electron chi connectivity index (χ1n) is 10.6. The van der Waals surface area contributed by atoms with Crippen LogP contribution in [0.4, 0.5) is 0 Å². The molecule has 0 radical (unpaired) electrons. The second kappa shape index (κ2) is 11.0. The van der Waals surface area contributed by atoms with Gasteiger partial charge in [0.15, 0.2) is 13.9 Å². The van der Waals surface area contributed by atoms with Crippen LogP contribution in [0.3, 0.4) is 0 Å². The average Bonchev–Trinajstić information content (AvgIpc) is 2.75. The molecule has 3 nitrogen and oxygen atoms in total. The molecule has 0 fully saturated rings. The van der Waals surface area contributed by atoms with Gasteiger partial charge in [-0.15, -0.1) is 0 Å². The summed E-state index contributed by atoms with van der Waals surface area (Å²) >= 11 is -0.200. The summed E-state index contributed by atoms with van der Waals surface area (Å²) in [5.74, 6) is 1.71. The topological polar surface area (TPSA) is 27.7 Å². The summed E-state index contributed by atoms with van der Waals surface area (Å²) in [5.41, 5.74) is 3.99. The molecule has 0 aliphatic carbocycles. The van der Waals surface area contributed by atoms with Crippen molar-refractivity contribution in [3.05, 3.63) is 90.6 Å². The molecule has 0 N–H and O–H groups in total. The van der Waals surface area contributed by atoms with Crippen molar-refractivity contribution in [3.8, 4) is 11.5 Å². The van der Waals surface area contributed by atoms with E-state index in [1.807, 2.05) is 31.2 Å². The molecule has 4 heteroatoms. The van der Waals surface area contributed by atoms with Gasteiger partial charge in [-0.25, -0.2) is 0 Å². The van der Waals surface area contributed by atoms with E-state index in [1.165, 1.54) is 18.3 Å². The fourth-order valence-electron chi connectivity index (χ4n) is 2.99. The lowest BCUT2D eigenvalue weighted by atomic mass is 9.87. The van der Waals surface area contributed by atoms with Crippen molar-refractivity contribution in [2.24, 2.45) is 0 Å². The van der Waals surface area contributed by atoms with E-state index in [4.69, 9.17) is 14.2 Å². The molecule has 164 valence electrons. The van der Waals surface area contributed by atoms with Crippen molar-refractivity contribution >= 4 is 0 Å². The van der Waals surface area contributed by atoms with E-state index < -0.39 is 0 Å². The number of aryl methyl sites for hydroxylation is 1. The van der Waals surface area contributed by atoms with Crippen LogP contribution in [0, 0.1) is 14.1 Å². The van der Waals surface area contributed by atoms with E-state index in [-0.39, 0.29) is 33.4 Å². The predicted molar refractivity (Wildman–Crippen MR) is 122 cm³/mol. The van der Waals surface area contributed by atoms with E-state index in [1.54, 1.807) is 0 Å². The van der Waals surface area contributed by atoms with Crippen molar-refractivity contribution in [2.75, 3.05) is 13.4 Å². The second-order valence-corrected chi connectivity index (χ2v) is 11.4. The molecule has 3 aromatic carbocycles. The van der Waals surface area contributed by atoms with Crippen molar-refractivity contribution in [1.29, 1.82) is 0 Å². The van der Waals surface area contributed by atoms with E-state index in [2.05, 4.69) is 70.2 Å². The molecule has 0 bridgehead atoms. The van der Waals surface area contributed by atoms with E-state index in [0.29, 0.717) is 13.2 Å². The Balaban J connectivity index is 1.55. The second-order valence-electron chi connectivity index (χ2n) is 8.45. The Morgan fingerprint density at radius 2 is 1.48 bits per heavy atom. The number of rotatable bonds is 9. The maximum absolute atomic E-state index is 6.02. The molecule has 0 aliphatic heterocycles. The fraction of sp³-hybridized carbons (Fsp3) is 0.333. The molecule has 0 spiro atoms. The van der Waals surface area contributed by atoms with Crippen LogP contribution < -0.4 is 30.7 Å². The minimum absolute atomic E-state index is 0.197. The van der Waals surface area contributed by atoms with Gasteiger partial charge in [0.05, 0.1) is 0 Å². The first-order chi connectivity index (χ1) is 14.8. The van der Waals surface area contributed by atoms with Crippen molar-refractivity contribution in [1.82, 2.24) is 0 Å². The highest BCUT2D eigenvalue weighted by Gasteiger charge is 2.20. The zero-order valence-corrected chi connectivity index (χ0v) is 21.2. The number of halogens is 1. The van der Waals surface area contributed by atoms with Gasteiger partial charge in [0.25, 0.3) is 0 Å². The summed E-state index contributed by atoms with van der Waals surface area (Å²) in [5, 5.41) is 0. The summed E-state index contributed by atoms with van der Waals surface area (Å²) in [6.07, 6.45) is 0. The molecule has 0 amide bonds. The van der Waals surface area contributed by atoms with Crippen LogP contribution in [0.15, 0.2) is 66.7 Å². The molecule has 0 heterocycles. The van der Waals surface area contributed by atoms with E-state index in [9.17, 15) is 0 Å². The SMILES string of the molecule is CCOCOc1ccc(COc2ccc([I+]c3ccc(C(C)(C)C)cc3)c(C)c2)cc1. The first kappa shape index (κ1) is 23.6. The molecule has 0 saturated carbocycles. The van der Waals surface area contributed by atoms with E-state index >= 15 is 0 Å². The molecule has 0 aromatic heterocycles. The lowest BCUT2D eigenvalue weighted by Crippen LogP contribution is -3.61. The van der Waals surface area contributed by atoms with E-state index in [0.717, 1.165) is 17.1 Å². The van der Waals surface area contributed by atoms with Crippen LogP contribution in [-0.2, 0) is 16.8 Å². The Labute approximate surface area is 197 Å². The van der Waals surface area contributed by atoms with Crippen molar-refractivity contribution < 1.29 is 35.4 Å². The van der Waals surface area contributed by atoms with Crippen molar-refractivity contribution in [2.45, 2.75) is 46.6 Å². The standard InChI is InChI=1S/C27H32IO3/c1-6-29-19-31-24-13-7-21(8-14-24)18-30-25-15-16-26(20(2)17-25)28-23-11-9-22(10-12-23)27(3,4)5/h7-17H,6,18-19H2,1-5H3/q+1. The number of ether oxygens (including phenoxy) is 3. The molecule has 0 saturated heterocycles. The first-order valence-corrected chi connectivity index (χ1v) is 12.8. The summed E-state index contributed by atoms with van der Waals surface area (Å²) < 4.78 is 19.6. The lowest BCUT2D eigenvalue weighted by molar-refractivity contribution is -0.598. The highest BCUT2D eigenvalue weighted by atomic mass is 127. The van der Waals surface area contributed by atoms with Gasteiger partial charge in [-0.2, -0.15) is 0 Å². The fourth-order valence-corrected chi connectivity index (χ4v) is 5.32. The molecular weight excluding hydrogens is 499 g/mol. The Kier molecular flexibility index (Phi) is 8.38. The summed E-state index contributed by atoms with van der Waals surface area (Å²) in [6, 6.07) is 23.5. The Hall–Kier alpha value is -2.05. The van der Waals surface area contributed by atoms with Gasteiger partial charge in [0, 0.05) is 12.2 Å². The van der Waals surface area contributed by atoms with Gasteiger partial charge in [-0.1, -0.05) is 45.0 Å². The molecule has 0 aliphatic rings. The zero-order valence-electron chi connectivity index (χ0n) is 19.1. The molecule has 0 atom stereocenters. The third kappa shape index (κ3) is 7.25. The Morgan fingerprint density at radius 1 is 0.806 bits per heavy atom. The number of hydrogen-bond donors (Lipinski definition) is 0. The summed E-state index contributed by atoms with van der Waals surface area (Å²) in [4.78, 5) is 0. The highest BCUT2D eigenvalue weighted by Crippen LogP contribution is 2.21.